The summed E-state index contributed by atoms with van der Waals surface area (Å²) in [6.07, 6.45) is 0.922. The second-order valence-corrected chi connectivity index (χ2v) is 4.51. The summed E-state index contributed by atoms with van der Waals surface area (Å²) < 4.78 is 10.8. The number of carbonyl (C=O) groups excluding carboxylic acids is 1. The quantitative estimate of drug-likeness (QED) is 0.714. The van der Waals surface area contributed by atoms with Crippen LogP contribution >= 0.6 is 0 Å². The molecule has 1 fully saturated rings. The maximum Gasteiger partial charge on any atom is 0.209 e. The van der Waals surface area contributed by atoms with Crippen LogP contribution < -0.4 is 9.47 Å². The summed E-state index contributed by atoms with van der Waals surface area (Å²) in [4.78, 5) is 14.7. The van der Waals surface area contributed by atoms with Crippen LogP contribution in [0.15, 0.2) is 24.3 Å². The first-order valence-corrected chi connectivity index (χ1v) is 6.50. The van der Waals surface area contributed by atoms with E-state index in [0.717, 1.165) is 50.6 Å². The fourth-order valence-electron chi connectivity index (χ4n) is 2.06. The third-order valence-corrected chi connectivity index (χ3v) is 3.29. The number of rotatable bonds is 6. The lowest BCUT2D eigenvalue weighted by Crippen LogP contribution is -2.46. The Bertz CT molecular complexity index is 386. The Labute approximate surface area is 113 Å². The third kappa shape index (κ3) is 4.13. The number of hydrogen-bond donors (Lipinski definition) is 0. The highest BCUT2D eigenvalue weighted by Crippen LogP contribution is 2.16. The average molecular weight is 264 g/mol. The minimum atomic E-state index is 0.660. The van der Waals surface area contributed by atoms with Gasteiger partial charge < -0.3 is 14.4 Å². The topological polar surface area (TPSA) is 42.0 Å². The predicted octanol–water partition coefficient (Wildman–Crippen LogP) is 0.848. The summed E-state index contributed by atoms with van der Waals surface area (Å²) in [5, 5.41) is 0. The molecule has 1 amide bonds. The summed E-state index contributed by atoms with van der Waals surface area (Å²) in [6.45, 7) is 5.01. The molecule has 104 valence electrons. The predicted molar refractivity (Wildman–Crippen MR) is 72.6 cm³/mol. The lowest BCUT2D eigenvalue weighted by Gasteiger charge is -2.32. The molecule has 0 aromatic heterocycles. The average Bonchev–Trinajstić information content (AvgIpc) is 2.49. The van der Waals surface area contributed by atoms with Crippen molar-refractivity contribution in [1.82, 2.24) is 9.80 Å². The lowest BCUT2D eigenvalue weighted by molar-refractivity contribution is -0.119. The summed E-state index contributed by atoms with van der Waals surface area (Å²) in [5.41, 5.74) is 0. The molecule has 1 saturated heterocycles. The van der Waals surface area contributed by atoms with Gasteiger partial charge in [0.15, 0.2) is 0 Å². The highest BCUT2D eigenvalue weighted by Gasteiger charge is 2.14. The number of piperazine rings is 1. The molecule has 0 aliphatic carbocycles. The Balaban J connectivity index is 1.67. The maximum absolute atomic E-state index is 10.6. The van der Waals surface area contributed by atoms with Gasteiger partial charge in [-0.1, -0.05) is 0 Å². The second kappa shape index (κ2) is 6.99. The number of hydrogen-bond acceptors (Lipinski definition) is 4. The molecule has 1 aromatic carbocycles. The van der Waals surface area contributed by atoms with Crippen molar-refractivity contribution >= 4 is 6.41 Å². The van der Waals surface area contributed by atoms with Crippen LogP contribution in [0.3, 0.4) is 0 Å². The standard InChI is InChI=1S/C14H20N2O3/c1-18-13-2-4-14(5-3-13)19-11-10-15-6-8-16(12-17)9-7-15/h2-5,12H,6-11H2,1H3. The van der Waals surface area contributed by atoms with Gasteiger partial charge in [-0.2, -0.15) is 0 Å². The molecule has 0 saturated carbocycles. The smallest absolute Gasteiger partial charge is 0.209 e. The SMILES string of the molecule is COc1ccc(OCCN2CCN(C=O)CC2)cc1. The molecule has 0 unspecified atom stereocenters. The van der Waals surface area contributed by atoms with Crippen LogP contribution in [0.1, 0.15) is 0 Å². The molecule has 1 aromatic rings. The first kappa shape index (κ1) is 13.7. The third-order valence-electron chi connectivity index (χ3n) is 3.29. The zero-order valence-corrected chi connectivity index (χ0v) is 11.2. The molecule has 19 heavy (non-hydrogen) atoms. The second-order valence-electron chi connectivity index (χ2n) is 4.51. The van der Waals surface area contributed by atoms with E-state index in [-0.39, 0.29) is 0 Å². The zero-order chi connectivity index (χ0) is 13.5. The molecule has 1 heterocycles. The fraction of sp³-hybridized carbons (Fsp3) is 0.500. The van der Waals surface area contributed by atoms with Crippen LogP contribution in [-0.4, -0.2) is 62.7 Å². The maximum atomic E-state index is 10.6. The fourth-order valence-corrected chi connectivity index (χ4v) is 2.06. The van der Waals surface area contributed by atoms with E-state index < -0.39 is 0 Å². The van der Waals surface area contributed by atoms with Gasteiger partial charge in [0, 0.05) is 32.7 Å². The van der Waals surface area contributed by atoms with E-state index in [1.54, 1.807) is 12.0 Å². The Morgan fingerprint density at radius 2 is 1.74 bits per heavy atom. The van der Waals surface area contributed by atoms with Gasteiger partial charge in [0.05, 0.1) is 7.11 Å². The first-order chi connectivity index (χ1) is 9.31. The van der Waals surface area contributed by atoms with E-state index in [0.29, 0.717) is 6.61 Å². The van der Waals surface area contributed by atoms with Crippen LogP contribution in [0.5, 0.6) is 11.5 Å². The van der Waals surface area contributed by atoms with Crippen molar-refractivity contribution in [2.75, 3.05) is 46.4 Å². The molecule has 5 nitrogen and oxygen atoms in total. The van der Waals surface area contributed by atoms with Gasteiger partial charge in [0.25, 0.3) is 0 Å². The minimum absolute atomic E-state index is 0.660. The Morgan fingerprint density at radius 3 is 2.32 bits per heavy atom. The molecular formula is C14H20N2O3. The Kier molecular flexibility index (Phi) is 5.03. The van der Waals surface area contributed by atoms with E-state index in [1.165, 1.54) is 0 Å². The molecule has 0 N–H and O–H groups in total. The van der Waals surface area contributed by atoms with Gasteiger partial charge in [-0.05, 0) is 24.3 Å². The number of amides is 1. The molecule has 2 rings (SSSR count). The van der Waals surface area contributed by atoms with Crippen LogP contribution in [0.2, 0.25) is 0 Å². The molecule has 0 bridgehead atoms. The molecule has 5 heteroatoms. The van der Waals surface area contributed by atoms with Crippen LogP contribution in [0.25, 0.3) is 0 Å². The summed E-state index contributed by atoms with van der Waals surface area (Å²) in [7, 11) is 1.65. The number of benzene rings is 1. The largest absolute Gasteiger partial charge is 0.497 e. The minimum Gasteiger partial charge on any atom is -0.497 e. The van der Waals surface area contributed by atoms with Gasteiger partial charge >= 0.3 is 0 Å². The van der Waals surface area contributed by atoms with Crippen molar-refractivity contribution in [3.63, 3.8) is 0 Å². The van der Waals surface area contributed by atoms with Crippen LogP contribution in [0, 0.1) is 0 Å². The molecular weight excluding hydrogens is 244 g/mol. The first-order valence-electron chi connectivity index (χ1n) is 6.50. The molecule has 0 atom stereocenters. The van der Waals surface area contributed by atoms with E-state index in [4.69, 9.17) is 9.47 Å². The summed E-state index contributed by atoms with van der Waals surface area (Å²) >= 11 is 0. The van der Waals surface area contributed by atoms with Crippen molar-refractivity contribution < 1.29 is 14.3 Å². The van der Waals surface area contributed by atoms with Gasteiger partial charge in [-0.25, -0.2) is 0 Å². The zero-order valence-electron chi connectivity index (χ0n) is 11.2. The van der Waals surface area contributed by atoms with Gasteiger partial charge in [0.2, 0.25) is 6.41 Å². The Hall–Kier alpha value is -1.75. The van der Waals surface area contributed by atoms with Gasteiger partial charge in [-0.15, -0.1) is 0 Å². The van der Waals surface area contributed by atoms with E-state index in [1.807, 2.05) is 24.3 Å². The highest BCUT2D eigenvalue weighted by atomic mass is 16.5. The van der Waals surface area contributed by atoms with Crippen LogP contribution in [-0.2, 0) is 4.79 Å². The van der Waals surface area contributed by atoms with Crippen molar-refractivity contribution in [3.05, 3.63) is 24.3 Å². The van der Waals surface area contributed by atoms with Crippen molar-refractivity contribution in [1.29, 1.82) is 0 Å². The molecule has 0 spiro atoms. The Morgan fingerprint density at radius 1 is 1.11 bits per heavy atom. The van der Waals surface area contributed by atoms with Crippen molar-refractivity contribution in [2.45, 2.75) is 0 Å². The van der Waals surface area contributed by atoms with Crippen molar-refractivity contribution in [3.8, 4) is 11.5 Å². The summed E-state index contributed by atoms with van der Waals surface area (Å²) in [6, 6.07) is 7.59. The van der Waals surface area contributed by atoms with Crippen molar-refractivity contribution in [2.24, 2.45) is 0 Å². The monoisotopic (exact) mass is 264 g/mol. The summed E-state index contributed by atoms with van der Waals surface area (Å²) in [5.74, 6) is 1.68. The van der Waals surface area contributed by atoms with Crippen LogP contribution in [0.4, 0.5) is 0 Å². The number of carbonyl (C=O) groups is 1. The number of ether oxygens (including phenoxy) is 2. The van der Waals surface area contributed by atoms with E-state index >= 15 is 0 Å². The molecule has 1 aliphatic rings. The lowest BCUT2D eigenvalue weighted by atomic mass is 10.3. The molecule has 1 aliphatic heterocycles. The van der Waals surface area contributed by atoms with Gasteiger partial charge in [0.1, 0.15) is 18.1 Å². The highest BCUT2D eigenvalue weighted by molar-refractivity contribution is 5.47. The van der Waals surface area contributed by atoms with E-state index in [9.17, 15) is 4.79 Å². The van der Waals surface area contributed by atoms with E-state index in [2.05, 4.69) is 4.90 Å². The number of nitrogens with zero attached hydrogens (tertiary/aromatic N) is 2. The number of methoxy groups -OCH3 is 1. The van der Waals surface area contributed by atoms with Gasteiger partial charge in [-0.3, -0.25) is 9.69 Å². The molecule has 0 radical (unpaired) electrons. The normalized spacial score (nSPS) is 16.2.